The fraction of sp³-hybridized carbons (Fsp3) is 0.652. The van der Waals surface area contributed by atoms with Crippen molar-refractivity contribution < 1.29 is 14.7 Å². The topological polar surface area (TPSA) is 69.6 Å². The number of carbonyl (C=O) groups is 2. The van der Waals surface area contributed by atoms with E-state index in [9.17, 15) is 9.59 Å². The Balaban J connectivity index is 0.000000278. The highest BCUT2D eigenvalue weighted by atomic mass is 31.0. The van der Waals surface area contributed by atoms with Gasteiger partial charge < -0.3 is 15.2 Å². The molecule has 1 aromatic rings. The number of amides is 1. The van der Waals surface area contributed by atoms with E-state index in [1.807, 2.05) is 33.8 Å². The van der Waals surface area contributed by atoms with E-state index in [-0.39, 0.29) is 11.4 Å². The van der Waals surface area contributed by atoms with Crippen molar-refractivity contribution in [2.45, 2.75) is 84.3 Å². The first-order chi connectivity index (χ1) is 13.4. The zero-order valence-electron chi connectivity index (χ0n) is 18.5. The lowest BCUT2D eigenvalue weighted by atomic mass is 9.87. The molecule has 0 radical (unpaired) electrons. The maximum Gasteiger partial charge on any atom is 0.234 e. The van der Waals surface area contributed by atoms with E-state index in [0.29, 0.717) is 36.1 Å². The first-order valence-electron chi connectivity index (χ1n) is 10.6. The maximum absolute atomic E-state index is 12.1. The van der Waals surface area contributed by atoms with Crippen LogP contribution < -0.4 is 10.6 Å². The van der Waals surface area contributed by atoms with E-state index >= 15 is 0 Å². The van der Waals surface area contributed by atoms with Gasteiger partial charge in [-0.2, -0.15) is 0 Å². The number of carbonyl (C=O) groups excluding carboxylic acids is 2. The number of benzene rings is 1. The van der Waals surface area contributed by atoms with Gasteiger partial charge in [-0.3, -0.25) is 9.69 Å². The van der Waals surface area contributed by atoms with Crippen molar-refractivity contribution in [3.8, 4) is 5.75 Å². The number of phenols is 1. The Morgan fingerprint density at radius 3 is 2.21 bits per heavy atom. The molecule has 2 aliphatic rings. The van der Waals surface area contributed by atoms with Crippen LogP contribution in [0.5, 0.6) is 5.75 Å². The molecule has 0 aromatic heterocycles. The van der Waals surface area contributed by atoms with Crippen LogP contribution in [0.15, 0.2) is 18.2 Å². The first kappa shape index (κ1) is 23.8. The number of fused-ring (bicyclic) bond motifs is 2. The normalized spacial score (nSPS) is 23.9. The number of phenolic OH excluding ortho intramolecular Hbond substituents is 1. The van der Waals surface area contributed by atoms with Gasteiger partial charge in [0.25, 0.3) is 0 Å². The van der Waals surface area contributed by atoms with Gasteiger partial charge in [0.2, 0.25) is 5.91 Å². The summed E-state index contributed by atoms with van der Waals surface area (Å²) in [5.41, 5.74) is 0.920. The number of hydrogen-bond acceptors (Lipinski definition) is 4. The Bertz CT molecular complexity index is 665. The molecule has 3 unspecified atom stereocenters. The van der Waals surface area contributed by atoms with Gasteiger partial charge in [-0.25, -0.2) is 0 Å². The average Bonchev–Trinajstić information content (AvgIpc) is 2.74. The predicted molar refractivity (Wildman–Crippen MR) is 122 cm³/mol. The van der Waals surface area contributed by atoms with Crippen molar-refractivity contribution in [2.24, 2.45) is 5.92 Å². The lowest BCUT2D eigenvalue weighted by molar-refractivity contribution is -0.125. The molecule has 2 N–H and O–H groups in total. The van der Waals surface area contributed by atoms with E-state index in [4.69, 9.17) is 5.11 Å². The van der Waals surface area contributed by atoms with Crippen LogP contribution in [0.4, 0.5) is 0 Å². The summed E-state index contributed by atoms with van der Waals surface area (Å²) in [4.78, 5) is 25.8. The summed E-state index contributed by atoms with van der Waals surface area (Å²) >= 11 is 0. The number of ketones is 1. The molecule has 2 bridgehead atoms. The number of aryl methyl sites for hydroxylation is 1. The minimum Gasteiger partial charge on any atom is -0.508 e. The molecule has 2 heterocycles. The number of Topliss-reactive ketones (excluding diaryl/α,β-unsaturated/α-hetero) is 1. The van der Waals surface area contributed by atoms with Crippen LogP contribution in [0.2, 0.25) is 0 Å². The summed E-state index contributed by atoms with van der Waals surface area (Å²) in [5, 5.41) is 13.0. The fourth-order valence-electron chi connectivity index (χ4n) is 4.63. The van der Waals surface area contributed by atoms with Gasteiger partial charge in [-0.05, 0) is 89.2 Å². The van der Waals surface area contributed by atoms with E-state index < -0.39 is 0 Å². The quantitative estimate of drug-likeness (QED) is 0.733. The second-order valence-electron chi connectivity index (χ2n) is 9.70. The number of rotatable bonds is 4. The van der Waals surface area contributed by atoms with E-state index in [1.54, 1.807) is 19.1 Å². The molecule has 3 rings (SSSR count). The van der Waals surface area contributed by atoms with Crippen LogP contribution in [0.25, 0.3) is 0 Å². The first-order valence-corrected chi connectivity index (χ1v) is 11.1. The van der Waals surface area contributed by atoms with Crippen molar-refractivity contribution in [3.05, 3.63) is 23.8 Å². The summed E-state index contributed by atoms with van der Waals surface area (Å²) in [6.07, 6.45) is 5.25. The summed E-state index contributed by atoms with van der Waals surface area (Å²) < 4.78 is 0. The molecule has 1 amide bonds. The van der Waals surface area contributed by atoms with Gasteiger partial charge in [-0.1, -0.05) is 6.07 Å². The highest BCUT2D eigenvalue weighted by Crippen LogP contribution is 2.39. The van der Waals surface area contributed by atoms with Gasteiger partial charge in [0.1, 0.15) is 11.5 Å². The Morgan fingerprint density at radius 1 is 1.17 bits per heavy atom. The largest absolute Gasteiger partial charge is 0.508 e. The van der Waals surface area contributed by atoms with Gasteiger partial charge in [-0.15, -0.1) is 9.24 Å². The van der Waals surface area contributed by atoms with E-state index in [1.165, 1.54) is 12.8 Å². The molecule has 162 valence electrons. The van der Waals surface area contributed by atoms with Crippen molar-refractivity contribution in [2.75, 3.05) is 6.54 Å². The molecule has 29 heavy (non-hydrogen) atoms. The fourth-order valence-corrected chi connectivity index (χ4v) is 5.07. The number of hydrogen-bond donors (Lipinski definition) is 2. The lowest BCUT2D eigenvalue weighted by Gasteiger charge is -2.38. The molecule has 0 saturated carbocycles. The standard InChI is InChI=1S/C16H28N2O2.C7H9OP/c1-11(19)7-12-8-13-5-6-14(9-12)18(13)10-15(20)17-16(2,3)4;1-5-2-6(8)4-7(9)3-5/h12-14H,5-10H2,1-4H3,(H,17,20);2-4,8H,9H2,1H3. The molecule has 0 spiro atoms. The van der Waals surface area contributed by atoms with Gasteiger partial charge in [0, 0.05) is 24.0 Å². The highest BCUT2D eigenvalue weighted by Gasteiger charge is 2.41. The van der Waals surface area contributed by atoms with E-state index in [2.05, 4.69) is 19.5 Å². The molecule has 0 aliphatic carbocycles. The molecular formula is C23H37N2O3P. The summed E-state index contributed by atoms with van der Waals surface area (Å²) in [6, 6.07) is 6.43. The Labute approximate surface area is 177 Å². The van der Waals surface area contributed by atoms with Crippen LogP contribution in [-0.2, 0) is 9.59 Å². The van der Waals surface area contributed by atoms with Crippen molar-refractivity contribution in [1.29, 1.82) is 0 Å². The number of nitrogens with zero attached hydrogens (tertiary/aromatic N) is 1. The zero-order chi connectivity index (χ0) is 21.8. The zero-order valence-corrected chi connectivity index (χ0v) is 19.6. The Kier molecular flexibility index (Phi) is 8.25. The second-order valence-corrected chi connectivity index (χ2v) is 10.4. The molecule has 5 nitrogen and oxygen atoms in total. The Morgan fingerprint density at radius 2 is 1.76 bits per heavy atom. The number of piperidine rings is 1. The molecule has 2 fully saturated rings. The summed E-state index contributed by atoms with van der Waals surface area (Å²) in [6.45, 7) is 10.2. The smallest absolute Gasteiger partial charge is 0.234 e. The van der Waals surface area contributed by atoms with Gasteiger partial charge in [0.05, 0.1) is 6.54 Å². The lowest BCUT2D eigenvalue weighted by Crippen LogP contribution is -2.51. The summed E-state index contributed by atoms with van der Waals surface area (Å²) in [7, 11) is 2.54. The third-order valence-corrected chi connectivity index (χ3v) is 5.82. The van der Waals surface area contributed by atoms with Crippen molar-refractivity contribution in [3.63, 3.8) is 0 Å². The van der Waals surface area contributed by atoms with Crippen molar-refractivity contribution >= 4 is 26.2 Å². The predicted octanol–water partition coefficient (Wildman–Crippen LogP) is 3.32. The van der Waals surface area contributed by atoms with Crippen LogP contribution in [0.3, 0.4) is 0 Å². The molecule has 6 heteroatoms. The molecular weight excluding hydrogens is 383 g/mol. The maximum atomic E-state index is 12.1. The minimum absolute atomic E-state index is 0.124. The molecule has 1 aromatic carbocycles. The monoisotopic (exact) mass is 420 g/mol. The Hall–Kier alpha value is -1.45. The van der Waals surface area contributed by atoms with E-state index in [0.717, 1.165) is 30.1 Å². The SMILES string of the molecule is CC(=O)CC1CC2CCC(C1)N2CC(=O)NC(C)(C)C.Cc1cc(O)cc(P)c1. The average molecular weight is 421 g/mol. The van der Waals surface area contributed by atoms with Crippen LogP contribution in [-0.4, -0.2) is 45.9 Å². The number of nitrogens with one attached hydrogen (secondary N) is 1. The van der Waals surface area contributed by atoms with Crippen LogP contribution >= 0.6 is 9.24 Å². The number of aromatic hydroxyl groups is 1. The molecule has 2 saturated heterocycles. The third-order valence-electron chi connectivity index (χ3n) is 5.48. The van der Waals surface area contributed by atoms with Gasteiger partial charge in [0.15, 0.2) is 0 Å². The minimum atomic E-state index is -0.164. The summed E-state index contributed by atoms with van der Waals surface area (Å²) in [5.74, 6) is 1.29. The molecule has 2 aliphatic heterocycles. The third kappa shape index (κ3) is 8.06. The van der Waals surface area contributed by atoms with Crippen LogP contribution in [0.1, 0.15) is 65.4 Å². The van der Waals surface area contributed by atoms with Crippen molar-refractivity contribution in [1.82, 2.24) is 10.2 Å². The molecule has 3 atom stereocenters. The van der Waals surface area contributed by atoms with Crippen LogP contribution in [0, 0.1) is 12.8 Å². The second kappa shape index (κ2) is 10.0. The highest BCUT2D eigenvalue weighted by molar-refractivity contribution is 7.27. The van der Waals surface area contributed by atoms with Gasteiger partial charge >= 0.3 is 0 Å².